The summed E-state index contributed by atoms with van der Waals surface area (Å²) in [4.78, 5) is 26.0. The summed E-state index contributed by atoms with van der Waals surface area (Å²) in [6.07, 6.45) is 2.99. The second-order valence-corrected chi connectivity index (χ2v) is 11.4. The lowest BCUT2D eigenvalue weighted by atomic mass is 9.90. The van der Waals surface area contributed by atoms with Crippen molar-refractivity contribution >= 4 is 27.6 Å². The van der Waals surface area contributed by atoms with Crippen LogP contribution in [-0.4, -0.2) is 65.2 Å². The SMILES string of the molecule is C=C(C(=O)OC)C1=C(CCOC2CCOCC2)c2ccc(OS(C)(=O)=O)cc2C1C(=O)OC(C)(C)C. The highest BCUT2D eigenvalue weighted by atomic mass is 32.2. The molecule has 1 aliphatic carbocycles. The van der Waals surface area contributed by atoms with E-state index in [0.717, 1.165) is 19.1 Å². The molecule has 0 spiro atoms. The van der Waals surface area contributed by atoms with Crippen LogP contribution in [0.25, 0.3) is 5.57 Å². The summed E-state index contributed by atoms with van der Waals surface area (Å²) in [5.41, 5.74) is 1.42. The van der Waals surface area contributed by atoms with Gasteiger partial charge in [-0.3, -0.25) is 4.79 Å². The molecule has 1 fully saturated rings. The van der Waals surface area contributed by atoms with Crippen LogP contribution in [0.15, 0.2) is 35.9 Å². The van der Waals surface area contributed by atoms with E-state index in [4.69, 9.17) is 23.1 Å². The summed E-state index contributed by atoms with van der Waals surface area (Å²) >= 11 is 0. The van der Waals surface area contributed by atoms with E-state index < -0.39 is 33.6 Å². The van der Waals surface area contributed by atoms with E-state index in [0.29, 0.717) is 48.5 Å². The normalized spacial score (nSPS) is 18.5. The van der Waals surface area contributed by atoms with Gasteiger partial charge in [0.05, 0.1) is 31.6 Å². The first-order chi connectivity index (χ1) is 16.8. The van der Waals surface area contributed by atoms with Gasteiger partial charge in [-0.05, 0) is 74.4 Å². The molecule has 2 aliphatic rings. The largest absolute Gasteiger partial charge is 0.465 e. The minimum atomic E-state index is -3.80. The molecule has 1 heterocycles. The summed E-state index contributed by atoms with van der Waals surface area (Å²) < 4.78 is 50.6. The van der Waals surface area contributed by atoms with Crippen molar-refractivity contribution in [3.63, 3.8) is 0 Å². The first-order valence-corrected chi connectivity index (χ1v) is 13.6. The third-order valence-corrected chi connectivity index (χ3v) is 6.29. The maximum absolute atomic E-state index is 13.5. The lowest BCUT2D eigenvalue weighted by molar-refractivity contribution is -0.155. The van der Waals surface area contributed by atoms with Crippen LogP contribution >= 0.6 is 0 Å². The molecular weight excluding hydrogens is 488 g/mol. The molecule has 0 N–H and O–H groups in total. The van der Waals surface area contributed by atoms with Gasteiger partial charge in [0, 0.05) is 13.2 Å². The van der Waals surface area contributed by atoms with Gasteiger partial charge in [-0.15, -0.1) is 0 Å². The molecule has 1 atom stereocenters. The maximum atomic E-state index is 13.5. The summed E-state index contributed by atoms with van der Waals surface area (Å²) in [6.45, 7) is 10.8. The van der Waals surface area contributed by atoms with Crippen LogP contribution in [0, 0.1) is 0 Å². The molecule has 0 bridgehead atoms. The molecular formula is C26H34O9S. The highest BCUT2D eigenvalue weighted by molar-refractivity contribution is 7.86. The Kier molecular flexibility index (Phi) is 8.63. The average molecular weight is 523 g/mol. The number of hydrogen-bond donors (Lipinski definition) is 0. The molecule has 9 nitrogen and oxygen atoms in total. The van der Waals surface area contributed by atoms with Gasteiger partial charge < -0.3 is 23.1 Å². The first-order valence-electron chi connectivity index (χ1n) is 11.8. The summed E-state index contributed by atoms with van der Waals surface area (Å²) in [5.74, 6) is -2.25. The van der Waals surface area contributed by atoms with Crippen molar-refractivity contribution in [1.82, 2.24) is 0 Å². The van der Waals surface area contributed by atoms with Crippen molar-refractivity contribution in [2.45, 2.75) is 57.7 Å². The Bertz CT molecular complexity index is 1150. The van der Waals surface area contributed by atoms with Gasteiger partial charge in [0.15, 0.2) is 0 Å². The van der Waals surface area contributed by atoms with E-state index >= 15 is 0 Å². The number of hydrogen-bond acceptors (Lipinski definition) is 9. The molecule has 0 radical (unpaired) electrons. The van der Waals surface area contributed by atoms with Crippen molar-refractivity contribution in [3.8, 4) is 5.75 Å². The number of rotatable bonds is 9. The molecule has 1 aliphatic heterocycles. The quantitative estimate of drug-likeness (QED) is 0.273. The predicted molar refractivity (Wildman–Crippen MR) is 133 cm³/mol. The van der Waals surface area contributed by atoms with Gasteiger partial charge in [-0.1, -0.05) is 12.6 Å². The third-order valence-electron chi connectivity index (χ3n) is 5.79. The van der Waals surface area contributed by atoms with Crippen molar-refractivity contribution in [3.05, 3.63) is 47.1 Å². The van der Waals surface area contributed by atoms with Crippen molar-refractivity contribution < 1.29 is 41.1 Å². The molecule has 198 valence electrons. The Morgan fingerprint density at radius 2 is 1.83 bits per heavy atom. The topological polar surface area (TPSA) is 114 Å². The van der Waals surface area contributed by atoms with E-state index in [1.54, 1.807) is 26.8 Å². The number of benzene rings is 1. The predicted octanol–water partition coefficient (Wildman–Crippen LogP) is 3.53. The Balaban J connectivity index is 2.06. The Morgan fingerprint density at radius 3 is 2.42 bits per heavy atom. The number of fused-ring (bicyclic) bond motifs is 1. The molecule has 0 saturated carbocycles. The van der Waals surface area contributed by atoms with Gasteiger partial charge in [0.1, 0.15) is 17.3 Å². The zero-order valence-electron chi connectivity index (χ0n) is 21.4. The monoisotopic (exact) mass is 522 g/mol. The van der Waals surface area contributed by atoms with Crippen molar-refractivity contribution in [1.29, 1.82) is 0 Å². The highest BCUT2D eigenvalue weighted by Gasteiger charge is 2.41. The van der Waals surface area contributed by atoms with Crippen LogP contribution in [0.5, 0.6) is 5.75 Å². The molecule has 1 aromatic carbocycles. The highest BCUT2D eigenvalue weighted by Crippen LogP contribution is 2.48. The van der Waals surface area contributed by atoms with Crippen LogP contribution in [0.3, 0.4) is 0 Å². The summed E-state index contributed by atoms with van der Waals surface area (Å²) in [7, 11) is -2.56. The zero-order chi connectivity index (χ0) is 26.7. The fourth-order valence-electron chi connectivity index (χ4n) is 4.39. The molecule has 0 amide bonds. The van der Waals surface area contributed by atoms with Gasteiger partial charge in [0.2, 0.25) is 0 Å². The van der Waals surface area contributed by atoms with E-state index in [9.17, 15) is 18.0 Å². The summed E-state index contributed by atoms with van der Waals surface area (Å²) in [5, 5.41) is 0. The van der Waals surface area contributed by atoms with Crippen molar-refractivity contribution in [2.75, 3.05) is 33.2 Å². The standard InChI is InChI=1S/C26H34O9S/c1-16(24(27)31-5)22-20(11-14-33-17-9-12-32-13-10-17)19-8-7-18(35-36(6,29)30)15-21(19)23(22)25(28)34-26(2,3)4/h7-8,15,17,23H,1,9-14H2,2-6H3. The molecule has 36 heavy (non-hydrogen) atoms. The van der Waals surface area contributed by atoms with Gasteiger partial charge in [0.25, 0.3) is 0 Å². The molecule has 10 heteroatoms. The average Bonchev–Trinajstić information content (AvgIpc) is 3.10. The van der Waals surface area contributed by atoms with Crippen molar-refractivity contribution in [2.24, 2.45) is 0 Å². The van der Waals surface area contributed by atoms with E-state index in [1.165, 1.54) is 19.2 Å². The number of methoxy groups -OCH3 is 1. The Labute approximate surface area is 212 Å². The lowest BCUT2D eigenvalue weighted by Crippen LogP contribution is -2.29. The van der Waals surface area contributed by atoms with Crippen LogP contribution in [0.1, 0.15) is 57.1 Å². The third kappa shape index (κ3) is 6.96. The minimum Gasteiger partial charge on any atom is -0.465 e. The fraction of sp³-hybridized carbons (Fsp3) is 0.538. The van der Waals surface area contributed by atoms with Gasteiger partial charge in [-0.25, -0.2) is 4.79 Å². The summed E-state index contributed by atoms with van der Waals surface area (Å²) in [6, 6.07) is 4.67. The van der Waals surface area contributed by atoms with E-state index in [1.807, 2.05) is 0 Å². The minimum absolute atomic E-state index is 0.0243. The van der Waals surface area contributed by atoms with Crippen LogP contribution in [0.2, 0.25) is 0 Å². The smallest absolute Gasteiger partial charge is 0.337 e. The lowest BCUT2D eigenvalue weighted by Gasteiger charge is -2.24. The molecule has 0 aromatic heterocycles. The second-order valence-electron chi connectivity index (χ2n) is 9.80. The van der Waals surface area contributed by atoms with Gasteiger partial charge >= 0.3 is 22.1 Å². The van der Waals surface area contributed by atoms with E-state index in [-0.39, 0.29) is 17.4 Å². The molecule has 3 rings (SSSR count). The van der Waals surface area contributed by atoms with Crippen LogP contribution in [-0.2, 0) is 38.7 Å². The van der Waals surface area contributed by atoms with E-state index in [2.05, 4.69) is 6.58 Å². The van der Waals surface area contributed by atoms with Crippen LogP contribution < -0.4 is 4.18 Å². The maximum Gasteiger partial charge on any atom is 0.337 e. The Hall–Kier alpha value is -2.69. The Morgan fingerprint density at radius 1 is 1.17 bits per heavy atom. The molecule has 1 aromatic rings. The number of ether oxygens (including phenoxy) is 4. The van der Waals surface area contributed by atoms with Gasteiger partial charge in [-0.2, -0.15) is 8.42 Å². The second kappa shape index (κ2) is 11.1. The molecule has 1 saturated heterocycles. The number of carbonyl (C=O) groups excluding carboxylic acids is 2. The number of carbonyl (C=O) groups is 2. The zero-order valence-corrected chi connectivity index (χ0v) is 22.2. The first kappa shape index (κ1) is 27.9. The number of esters is 2. The molecule has 1 unspecified atom stereocenters. The fourth-order valence-corrected chi connectivity index (χ4v) is 4.84. The van der Waals surface area contributed by atoms with Crippen LogP contribution in [0.4, 0.5) is 0 Å².